The summed E-state index contributed by atoms with van der Waals surface area (Å²) in [6, 6.07) is 15.3. The molecule has 1 aliphatic heterocycles. The van der Waals surface area contributed by atoms with Crippen molar-refractivity contribution in [2.24, 2.45) is 0 Å². The molecule has 2 N–H and O–H groups in total. The lowest BCUT2D eigenvalue weighted by atomic mass is 10.0. The van der Waals surface area contributed by atoms with Crippen molar-refractivity contribution in [3.8, 4) is 22.6 Å². The Morgan fingerprint density at radius 3 is 2.67 bits per heavy atom. The number of fused-ring (bicyclic) bond motifs is 1. The molecule has 30 heavy (non-hydrogen) atoms. The zero-order valence-electron chi connectivity index (χ0n) is 16.5. The lowest BCUT2D eigenvalue weighted by molar-refractivity contribution is 0.0529. The first-order valence-corrected chi connectivity index (χ1v) is 10.6. The summed E-state index contributed by atoms with van der Waals surface area (Å²) >= 11 is 6.95. The van der Waals surface area contributed by atoms with Gasteiger partial charge in [-0.2, -0.15) is 0 Å². The average Bonchev–Trinajstić information content (AvgIpc) is 3.32. The van der Waals surface area contributed by atoms with Crippen LogP contribution in [-0.4, -0.2) is 24.5 Å². The van der Waals surface area contributed by atoms with Gasteiger partial charge in [0.1, 0.15) is 10.6 Å². The molecule has 0 spiro atoms. The van der Waals surface area contributed by atoms with Crippen LogP contribution in [0.15, 0.2) is 48.5 Å². The minimum atomic E-state index is -0.380. The summed E-state index contributed by atoms with van der Waals surface area (Å²) in [7, 11) is 0. The van der Waals surface area contributed by atoms with Crippen molar-refractivity contribution in [1.29, 1.82) is 0 Å². The third kappa shape index (κ3) is 4.10. The van der Waals surface area contributed by atoms with Gasteiger partial charge in [-0.1, -0.05) is 30.3 Å². The number of hydrogen-bond acceptors (Lipinski definition) is 6. The van der Waals surface area contributed by atoms with Gasteiger partial charge in [-0.3, -0.25) is 0 Å². The molecule has 0 bridgehead atoms. The van der Waals surface area contributed by atoms with Crippen molar-refractivity contribution < 1.29 is 19.0 Å². The molecule has 0 aliphatic carbocycles. The second-order valence-electron chi connectivity index (χ2n) is 6.47. The molecule has 2 aromatic carbocycles. The summed E-state index contributed by atoms with van der Waals surface area (Å²) in [4.78, 5) is 13.8. The molecule has 6 nitrogen and oxygen atoms in total. The summed E-state index contributed by atoms with van der Waals surface area (Å²) in [5, 5.41) is 7.29. The zero-order valence-corrected chi connectivity index (χ0v) is 18.1. The number of aryl methyl sites for hydroxylation is 1. The SMILES string of the molecule is CCOC(=O)c1c(NC(=S)Nc2ccc3c(c2)OCO3)sc(C)c1-c1ccccc1. The standard InChI is InChI=1S/C22H20N2O4S2/c1-3-26-21(25)19-18(14-7-5-4-6-8-14)13(2)30-20(19)24-22(29)23-15-9-10-16-17(11-15)28-12-27-16/h4-11H,3,12H2,1-2H3,(H2,23,24,29). The third-order valence-corrected chi connectivity index (χ3v) is 5.71. The summed E-state index contributed by atoms with van der Waals surface area (Å²) in [6.07, 6.45) is 0. The van der Waals surface area contributed by atoms with Crippen LogP contribution in [0.1, 0.15) is 22.2 Å². The van der Waals surface area contributed by atoms with Gasteiger partial charge in [0.05, 0.1) is 6.61 Å². The lowest BCUT2D eigenvalue weighted by Crippen LogP contribution is -2.20. The van der Waals surface area contributed by atoms with E-state index in [-0.39, 0.29) is 12.8 Å². The van der Waals surface area contributed by atoms with E-state index >= 15 is 0 Å². The summed E-state index contributed by atoms with van der Waals surface area (Å²) in [5.41, 5.74) is 3.05. The van der Waals surface area contributed by atoms with Crippen molar-refractivity contribution in [1.82, 2.24) is 0 Å². The molecular weight excluding hydrogens is 420 g/mol. The molecular formula is C22H20N2O4S2. The molecule has 0 unspecified atom stereocenters. The highest BCUT2D eigenvalue weighted by Crippen LogP contribution is 2.40. The van der Waals surface area contributed by atoms with E-state index in [1.54, 1.807) is 6.92 Å². The van der Waals surface area contributed by atoms with E-state index in [1.165, 1.54) is 11.3 Å². The molecule has 8 heteroatoms. The molecule has 2 heterocycles. The Bertz CT molecular complexity index is 1100. The Balaban J connectivity index is 1.61. The molecule has 0 saturated heterocycles. The highest BCUT2D eigenvalue weighted by Gasteiger charge is 2.25. The Labute approximate surface area is 183 Å². The van der Waals surface area contributed by atoms with Gasteiger partial charge in [0.25, 0.3) is 0 Å². The normalized spacial score (nSPS) is 11.8. The van der Waals surface area contributed by atoms with Crippen LogP contribution in [0.25, 0.3) is 11.1 Å². The van der Waals surface area contributed by atoms with Gasteiger partial charge in [0.15, 0.2) is 16.6 Å². The predicted molar refractivity (Wildman–Crippen MR) is 123 cm³/mol. The average molecular weight is 441 g/mol. The first-order chi connectivity index (χ1) is 14.6. The molecule has 3 aromatic rings. The number of ether oxygens (including phenoxy) is 3. The van der Waals surface area contributed by atoms with Crippen LogP contribution in [0.3, 0.4) is 0 Å². The number of nitrogens with one attached hydrogen (secondary N) is 2. The van der Waals surface area contributed by atoms with Gasteiger partial charge in [-0.05, 0) is 43.8 Å². The Morgan fingerprint density at radius 1 is 1.13 bits per heavy atom. The number of hydrogen-bond donors (Lipinski definition) is 2. The summed E-state index contributed by atoms with van der Waals surface area (Å²) in [6.45, 7) is 4.27. The van der Waals surface area contributed by atoms with E-state index < -0.39 is 0 Å². The number of anilines is 2. The molecule has 0 fully saturated rings. The molecule has 1 aliphatic rings. The van der Waals surface area contributed by atoms with Crippen LogP contribution < -0.4 is 20.1 Å². The van der Waals surface area contributed by atoms with E-state index in [1.807, 2.05) is 55.5 Å². The lowest BCUT2D eigenvalue weighted by Gasteiger charge is -2.12. The quantitative estimate of drug-likeness (QED) is 0.404. The maximum Gasteiger partial charge on any atom is 0.341 e. The van der Waals surface area contributed by atoms with Gasteiger partial charge >= 0.3 is 5.97 Å². The fourth-order valence-electron chi connectivity index (χ4n) is 3.22. The Hall–Kier alpha value is -3.10. The van der Waals surface area contributed by atoms with Crippen LogP contribution in [0.5, 0.6) is 11.5 Å². The maximum atomic E-state index is 12.8. The monoisotopic (exact) mass is 440 g/mol. The van der Waals surface area contributed by atoms with E-state index in [2.05, 4.69) is 10.6 Å². The molecule has 0 amide bonds. The fraction of sp³-hybridized carbons (Fsp3) is 0.182. The highest BCUT2D eigenvalue weighted by atomic mass is 32.1. The van der Waals surface area contributed by atoms with Gasteiger partial charge < -0.3 is 24.8 Å². The second-order valence-corrected chi connectivity index (χ2v) is 8.10. The van der Waals surface area contributed by atoms with Crippen LogP contribution in [0.4, 0.5) is 10.7 Å². The van der Waals surface area contributed by atoms with E-state index in [0.717, 1.165) is 21.7 Å². The predicted octanol–water partition coefficient (Wildman–Crippen LogP) is 5.44. The number of carbonyl (C=O) groups is 1. The summed E-state index contributed by atoms with van der Waals surface area (Å²) in [5.74, 6) is 0.979. The first kappa shape index (κ1) is 20.2. The maximum absolute atomic E-state index is 12.8. The number of rotatable bonds is 5. The topological polar surface area (TPSA) is 68.8 Å². The van der Waals surface area contributed by atoms with Crippen LogP contribution in [-0.2, 0) is 4.74 Å². The Morgan fingerprint density at radius 2 is 1.90 bits per heavy atom. The van der Waals surface area contributed by atoms with Crippen molar-refractivity contribution in [3.05, 3.63) is 59.0 Å². The summed E-state index contributed by atoms with van der Waals surface area (Å²) < 4.78 is 16.1. The molecule has 0 saturated carbocycles. The smallest absolute Gasteiger partial charge is 0.341 e. The molecule has 4 rings (SSSR count). The first-order valence-electron chi connectivity index (χ1n) is 9.40. The molecule has 0 atom stereocenters. The number of thiophene rings is 1. The van der Waals surface area contributed by atoms with Gasteiger partial charge in [-0.25, -0.2) is 4.79 Å². The van der Waals surface area contributed by atoms with Gasteiger partial charge in [0.2, 0.25) is 6.79 Å². The number of benzene rings is 2. The van der Waals surface area contributed by atoms with Gasteiger partial charge in [-0.15, -0.1) is 11.3 Å². The van der Waals surface area contributed by atoms with Crippen molar-refractivity contribution in [2.75, 3.05) is 24.0 Å². The second kappa shape index (κ2) is 8.73. The largest absolute Gasteiger partial charge is 0.462 e. The van der Waals surface area contributed by atoms with E-state index in [4.69, 9.17) is 26.4 Å². The highest BCUT2D eigenvalue weighted by molar-refractivity contribution is 7.80. The number of carbonyl (C=O) groups excluding carboxylic acids is 1. The third-order valence-electron chi connectivity index (χ3n) is 4.48. The molecule has 1 aromatic heterocycles. The van der Waals surface area contributed by atoms with Crippen LogP contribution in [0.2, 0.25) is 0 Å². The van der Waals surface area contributed by atoms with Crippen molar-refractivity contribution >= 4 is 45.3 Å². The van der Waals surface area contributed by atoms with Crippen LogP contribution >= 0.6 is 23.6 Å². The fourth-order valence-corrected chi connectivity index (χ4v) is 4.58. The number of esters is 1. The van der Waals surface area contributed by atoms with E-state index in [9.17, 15) is 4.79 Å². The van der Waals surface area contributed by atoms with Crippen LogP contribution in [0, 0.1) is 6.92 Å². The van der Waals surface area contributed by atoms with Crippen molar-refractivity contribution in [3.63, 3.8) is 0 Å². The van der Waals surface area contributed by atoms with E-state index in [0.29, 0.717) is 33.8 Å². The zero-order chi connectivity index (χ0) is 21.1. The van der Waals surface area contributed by atoms with Gasteiger partial charge in [0, 0.05) is 22.2 Å². The minimum absolute atomic E-state index is 0.209. The number of thiocarbonyl (C=S) groups is 1. The van der Waals surface area contributed by atoms with Crippen molar-refractivity contribution in [2.45, 2.75) is 13.8 Å². The molecule has 0 radical (unpaired) electrons. The molecule has 154 valence electrons. The minimum Gasteiger partial charge on any atom is -0.462 e. The Kier molecular flexibility index (Phi) is 5.87.